The molecule has 9 nitrogen and oxygen atoms in total. The molecule has 0 spiro atoms. The highest BCUT2D eigenvalue weighted by molar-refractivity contribution is 8.01. The Balaban J connectivity index is 1.57. The third-order valence-corrected chi connectivity index (χ3v) is 5.72. The minimum Gasteiger partial charge on any atom is -0.325 e. The van der Waals surface area contributed by atoms with Crippen LogP contribution in [0.1, 0.15) is 10.4 Å². The Morgan fingerprint density at radius 1 is 1.14 bits per heavy atom. The summed E-state index contributed by atoms with van der Waals surface area (Å²) < 4.78 is 0.480. The number of hydrogen-bond donors (Lipinski definition) is 2. The first-order valence-corrected chi connectivity index (χ1v) is 10.2. The van der Waals surface area contributed by atoms with Crippen molar-refractivity contribution in [3.05, 3.63) is 69.2 Å². The standard InChI is InChI=1S/C17H12ClN5O4S2/c18-13-7-6-11(23(26)27)8-12(13)15(25)20-16-21-22-17(29-16)28-9-14(24)19-10-4-2-1-3-5-10/h1-8H,9H2,(H,19,24)(H,20,21,25). The van der Waals surface area contributed by atoms with E-state index in [1.807, 2.05) is 18.2 Å². The van der Waals surface area contributed by atoms with Crippen LogP contribution in [-0.2, 0) is 4.79 Å². The summed E-state index contributed by atoms with van der Waals surface area (Å²) >= 11 is 8.19. The van der Waals surface area contributed by atoms with Crippen LogP contribution < -0.4 is 10.6 Å². The summed E-state index contributed by atoms with van der Waals surface area (Å²) in [4.78, 5) is 34.6. The largest absolute Gasteiger partial charge is 0.325 e. The number of thioether (sulfide) groups is 1. The van der Waals surface area contributed by atoms with Gasteiger partial charge >= 0.3 is 0 Å². The van der Waals surface area contributed by atoms with E-state index in [9.17, 15) is 19.7 Å². The van der Waals surface area contributed by atoms with E-state index in [4.69, 9.17) is 11.6 Å². The molecule has 0 saturated carbocycles. The van der Waals surface area contributed by atoms with Gasteiger partial charge in [-0.25, -0.2) is 0 Å². The predicted molar refractivity (Wildman–Crippen MR) is 112 cm³/mol. The molecule has 148 valence electrons. The summed E-state index contributed by atoms with van der Waals surface area (Å²) in [5.74, 6) is -0.729. The predicted octanol–water partition coefficient (Wildman–Crippen LogP) is 4.08. The molecule has 3 aromatic rings. The summed E-state index contributed by atoms with van der Waals surface area (Å²) in [6.45, 7) is 0. The minimum absolute atomic E-state index is 0.0486. The Morgan fingerprint density at radius 2 is 1.90 bits per heavy atom. The van der Waals surface area contributed by atoms with Crippen LogP contribution in [0.5, 0.6) is 0 Å². The number of benzene rings is 2. The third-order valence-electron chi connectivity index (χ3n) is 3.42. The van der Waals surface area contributed by atoms with Gasteiger partial charge in [0, 0.05) is 17.8 Å². The smallest absolute Gasteiger partial charge is 0.270 e. The van der Waals surface area contributed by atoms with Crippen LogP contribution in [0.15, 0.2) is 52.9 Å². The lowest BCUT2D eigenvalue weighted by Gasteiger charge is -2.03. The van der Waals surface area contributed by atoms with Crippen molar-refractivity contribution in [3.8, 4) is 0 Å². The van der Waals surface area contributed by atoms with Gasteiger partial charge in [-0.3, -0.25) is 25.0 Å². The molecule has 0 radical (unpaired) electrons. The van der Waals surface area contributed by atoms with E-state index in [0.717, 1.165) is 17.4 Å². The lowest BCUT2D eigenvalue weighted by Crippen LogP contribution is -2.13. The molecule has 0 saturated heterocycles. The Morgan fingerprint density at radius 3 is 2.62 bits per heavy atom. The number of halogens is 1. The fourth-order valence-corrected chi connectivity index (χ4v) is 3.88. The summed E-state index contributed by atoms with van der Waals surface area (Å²) in [6.07, 6.45) is 0. The van der Waals surface area contributed by atoms with Crippen LogP contribution in [0.4, 0.5) is 16.5 Å². The highest BCUT2D eigenvalue weighted by atomic mass is 35.5. The number of rotatable bonds is 7. The number of nitro benzene ring substituents is 1. The number of nitrogens with one attached hydrogen (secondary N) is 2. The summed E-state index contributed by atoms with van der Waals surface area (Å²) in [5, 5.41) is 24.1. The van der Waals surface area contributed by atoms with Crippen molar-refractivity contribution in [2.75, 3.05) is 16.4 Å². The second kappa shape index (κ2) is 9.45. The maximum Gasteiger partial charge on any atom is 0.270 e. The van der Waals surface area contributed by atoms with Gasteiger partial charge < -0.3 is 5.32 Å². The average Bonchev–Trinajstić information content (AvgIpc) is 3.14. The van der Waals surface area contributed by atoms with Crippen molar-refractivity contribution in [2.24, 2.45) is 0 Å². The van der Waals surface area contributed by atoms with Crippen LogP contribution in [0.2, 0.25) is 5.02 Å². The van der Waals surface area contributed by atoms with Crippen LogP contribution in [0.25, 0.3) is 0 Å². The fraction of sp³-hybridized carbons (Fsp3) is 0.0588. The van der Waals surface area contributed by atoms with Gasteiger partial charge in [0.05, 0.1) is 21.3 Å². The lowest BCUT2D eigenvalue weighted by atomic mass is 10.2. The molecule has 1 aromatic heterocycles. The van der Waals surface area contributed by atoms with Gasteiger partial charge in [0.25, 0.3) is 11.6 Å². The molecule has 29 heavy (non-hydrogen) atoms. The normalized spacial score (nSPS) is 10.4. The van der Waals surface area contributed by atoms with E-state index in [-0.39, 0.29) is 33.1 Å². The molecule has 3 rings (SSSR count). The van der Waals surface area contributed by atoms with E-state index in [2.05, 4.69) is 20.8 Å². The van der Waals surface area contributed by atoms with Gasteiger partial charge in [-0.05, 0) is 18.2 Å². The molecule has 0 aliphatic heterocycles. The number of carbonyl (C=O) groups excluding carboxylic acids is 2. The molecule has 2 aromatic carbocycles. The van der Waals surface area contributed by atoms with Gasteiger partial charge in [0.2, 0.25) is 11.0 Å². The number of nitrogens with zero attached hydrogens (tertiary/aromatic N) is 3. The average molecular weight is 450 g/mol. The Hall–Kier alpha value is -3.02. The molecule has 1 heterocycles. The minimum atomic E-state index is -0.645. The zero-order valence-electron chi connectivity index (χ0n) is 14.5. The Kier molecular flexibility index (Phi) is 6.75. The van der Waals surface area contributed by atoms with Crippen molar-refractivity contribution in [1.29, 1.82) is 0 Å². The van der Waals surface area contributed by atoms with Crippen LogP contribution in [-0.4, -0.2) is 32.7 Å². The summed E-state index contributed by atoms with van der Waals surface area (Å²) in [6, 6.07) is 12.6. The molecular formula is C17H12ClN5O4S2. The van der Waals surface area contributed by atoms with Crippen LogP contribution >= 0.6 is 34.7 Å². The van der Waals surface area contributed by atoms with Gasteiger partial charge in [-0.15, -0.1) is 10.2 Å². The number of para-hydroxylation sites is 1. The second-order valence-electron chi connectivity index (χ2n) is 5.45. The second-order valence-corrected chi connectivity index (χ2v) is 8.06. The van der Waals surface area contributed by atoms with E-state index >= 15 is 0 Å². The van der Waals surface area contributed by atoms with Gasteiger partial charge in [0.1, 0.15) is 0 Å². The number of nitro groups is 1. The van der Waals surface area contributed by atoms with Gasteiger partial charge in [-0.1, -0.05) is 52.9 Å². The van der Waals surface area contributed by atoms with Gasteiger partial charge in [-0.2, -0.15) is 0 Å². The highest BCUT2D eigenvalue weighted by Gasteiger charge is 2.18. The van der Waals surface area contributed by atoms with Crippen molar-refractivity contribution in [2.45, 2.75) is 4.34 Å². The number of anilines is 2. The molecule has 2 N–H and O–H groups in total. The number of carbonyl (C=O) groups is 2. The topological polar surface area (TPSA) is 127 Å². The number of amides is 2. The number of non-ortho nitro benzene ring substituents is 1. The maximum atomic E-state index is 12.3. The molecule has 0 aliphatic rings. The molecule has 0 atom stereocenters. The van der Waals surface area contributed by atoms with Crippen LogP contribution in [0.3, 0.4) is 0 Å². The molecule has 0 fully saturated rings. The first-order valence-electron chi connectivity index (χ1n) is 7.99. The summed E-state index contributed by atoms with van der Waals surface area (Å²) in [7, 11) is 0. The zero-order valence-corrected chi connectivity index (χ0v) is 16.9. The molecule has 12 heteroatoms. The van der Waals surface area contributed by atoms with E-state index in [1.165, 1.54) is 23.9 Å². The monoisotopic (exact) mass is 449 g/mol. The van der Waals surface area contributed by atoms with E-state index < -0.39 is 10.8 Å². The Labute approximate surface area is 177 Å². The highest BCUT2D eigenvalue weighted by Crippen LogP contribution is 2.27. The van der Waals surface area contributed by atoms with Crippen molar-refractivity contribution in [1.82, 2.24) is 10.2 Å². The lowest BCUT2D eigenvalue weighted by molar-refractivity contribution is -0.384. The van der Waals surface area contributed by atoms with Crippen LogP contribution in [0, 0.1) is 10.1 Å². The molecule has 0 unspecified atom stereocenters. The fourth-order valence-electron chi connectivity index (χ4n) is 2.13. The number of aromatic nitrogens is 2. The first-order chi connectivity index (χ1) is 13.9. The maximum absolute atomic E-state index is 12.3. The molecule has 2 amide bonds. The zero-order chi connectivity index (χ0) is 20.8. The van der Waals surface area contributed by atoms with Crippen molar-refractivity contribution in [3.63, 3.8) is 0 Å². The van der Waals surface area contributed by atoms with E-state index in [1.54, 1.807) is 12.1 Å². The molecule has 0 aliphatic carbocycles. The SMILES string of the molecule is O=C(CSc1nnc(NC(=O)c2cc([N+](=O)[O-])ccc2Cl)s1)Nc1ccccc1. The molecular weight excluding hydrogens is 438 g/mol. The summed E-state index contributed by atoms with van der Waals surface area (Å²) in [5.41, 5.74) is 0.391. The van der Waals surface area contributed by atoms with Crippen molar-refractivity contribution < 1.29 is 14.5 Å². The van der Waals surface area contributed by atoms with E-state index in [0.29, 0.717) is 10.0 Å². The van der Waals surface area contributed by atoms with Gasteiger partial charge in [0.15, 0.2) is 4.34 Å². The quantitative estimate of drug-likeness (QED) is 0.240. The third kappa shape index (κ3) is 5.73. The molecule has 0 bridgehead atoms. The number of hydrogen-bond acceptors (Lipinski definition) is 8. The Bertz CT molecular complexity index is 1060. The van der Waals surface area contributed by atoms with Crippen molar-refractivity contribution >= 4 is 63.0 Å². The first kappa shape index (κ1) is 20.7.